The average molecular weight is 475 g/mol. The maximum atomic E-state index is 12.3. The van der Waals surface area contributed by atoms with Crippen molar-refractivity contribution in [2.75, 3.05) is 26.2 Å². The van der Waals surface area contributed by atoms with Crippen LogP contribution in [0, 0.1) is 0 Å². The van der Waals surface area contributed by atoms with Crippen LogP contribution in [0.25, 0.3) is 0 Å². The van der Waals surface area contributed by atoms with Crippen molar-refractivity contribution in [3.05, 3.63) is 0 Å². The number of aliphatic carboxylic acids is 1. The summed E-state index contributed by atoms with van der Waals surface area (Å²) in [5, 5.41) is 25.4. The van der Waals surface area contributed by atoms with Crippen molar-refractivity contribution in [1.82, 2.24) is 16.0 Å². The zero-order valence-electron chi connectivity index (χ0n) is 18.2. The molecule has 0 fully saturated rings. The summed E-state index contributed by atoms with van der Waals surface area (Å²) in [6, 6.07) is -3.62. The first-order valence-electron chi connectivity index (χ1n) is 10.0. The van der Waals surface area contributed by atoms with Crippen molar-refractivity contribution in [2.45, 2.75) is 43.8 Å². The minimum atomic E-state index is -1.43. The van der Waals surface area contributed by atoms with Gasteiger partial charge in [0.25, 0.3) is 0 Å². The van der Waals surface area contributed by atoms with Crippen molar-refractivity contribution in [3.8, 4) is 0 Å². The van der Waals surface area contributed by atoms with Crippen LogP contribution in [0.15, 0.2) is 9.98 Å². The highest BCUT2D eigenvalue weighted by atomic mass is 16.4. The number of amides is 3. The number of nitrogens with two attached hydrogens (primary N) is 5. The van der Waals surface area contributed by atoms with Gasteiger partial charge in [0.15, 0.2) is 11.9 Å². The van der Waals surface area contributed by atoms with Gasteiger partial charge in [-0.15, -0.1) is 0 Å². The fraction of sp³-hybridized carbons (Fsp3) is 0.647. The maximum absolute atomic E-state index is 12.3. The zero-order valence-corrected chi connectivity index (χ0v) is 18.2. The lowest BCUT2D eigenvalue weighted by molar-refractivity contribution is -0.142. The lowest BCUT2D eigenvalue weighted by Crippen LogP contribution is -2.55. The van der Waals surface area contributed by atoms with Crippen molar-refractivity contribution < 1.29 is 29.4 Å². The largest absolute Gasteiger partial charge is 0.480 e. The predicted octanol–water partition coefficient (Wildman–Crippen LogP) is -5.42. The third kappa shape index (κ3) is 14.1. The molecule has 0 aliphatic heterocycles. The Labute approximate surface area is 190 Å². The quantitative estimate of drug-likeness (QED) is 0.0571. The third-order valence-electron chi connectivity index (χ3n) is 4.12. The van der Waals surface area contributed by atoms with Crippen LogP contribution >= 0.6 is 0 Å². The summed E-state index contributed by atoms with van der Waals surface area (Å²) in [6.07, 6.45) is 0.998. The van der Waals surface area contributed by atoms with Crippen molar-refractivity contribution >= 4 is 35.6 Å². The van der Waals surface area contributed by atoms with E-state index in [2.05, 4.69) is 25.9 Å². The topological polar surface area (TPSA) is 300 Å². The van der Waals surface area contributed by atoms with Crippen molar-refractivity contribution in [2.24, 2.45) is 38.7 Å². The van der Waals surface area contributed by atoms with E-state index in [9.17, 15) is 29.4 Å². The number of aliphatic imine (C=N–C) groups is 2. The van der Waals surface area contributed by atoms with Gasteiger partial charge in [-0.3, -0.25) is 24.4 Å². The number of aliphatic hydroxyl groups is 1. The molecule has 0 saturated carbocycles. The molecule has 3 unspecified atom stereocenters. The maximum Gasteiger partial charge on any atom is 0.326 e. The van der Waals surface area contributed by atoms with Gasteiger partial charge in [-0.25, -0.2) is 4.79 Å². The molecule has 3 atom stereocenters. The normalized spacial score (nSPS) is 13.0. The van der Waals surface area contributed by atoms with Crippen molar-refractivity contribution in [3.63, 3.8) is 0 Å². The Bertz CT molecular complexity index is 721. The molecule has 15 N–H and O–H groups in total. The number of guanidine groups is 2. The molecular formula is C17H34N10O6. The number of hydrogen-bond acceptors (Lipinski definition) is 8. The van der Waals surface area contributed by atoms with E-state index in [4.69, 9.17) is 28.7 Å². The zero-order chi connectivity index (χ0) is 25.4. The smallest absolute Gasteiger partial charge is 0.326 e. The average Bonchev–Trinajstić information content (AvgIpc) is 2.74. The van der Waals surface area contributed by atoms with E-state index in [1.807, 2.05) is 0 Å². The molecule has 33 heavy (non-hydrogen) atoms. The molecule has 3 amide bonds. The number of rotatable bonds is 16. The van der Waals surface area contributed by atoms with Gasteiger partial charge in [-0.05, 0) is 25.7 Å². The van der Waals surface area contributed by atoms with Gasteiger partial charge in [-0.2, -0.15) is 0 Å². The second kappa shape index (κ2) is 16.0. The van der Waals surface area contributed by atoms with Gasteiger partial charge < -0.3 is 54.8 Å². The molecule has 0 bridgehead atoms. The van der Waals surface area contributed by atoms with Gasteiger partial charge in [0.2, 0.25) is 17.7 Å². The first-order chi connectivity index (χ1) is 15.5. The Hall–Kier alpha value is -3.66. The highest BCUT2D eigenvalue weighted by Gasteiger charge is 2.26. The molecule has 188 valence electrons. The van der Waals surface area contributed by atoms with E-state index in [1.165, 1.54) is 0 Å². The summed E-state index contributed by atoms with van der Waals surface area (Å²) >= 11 is 0. The Kier molecular flexibility index (Phi) is 14.3. The van der Waals surface area contributed by atoms with Crippen LogP contribution in [0.5, 0.6) is 0 Å². The second-order valence-electron chi connectivity index (χ2n) is 6.92. The van der Waals surface area contributed by atoms with Crippen molar-refractivity contribution in [1.29, 1.82) is 0 Å². The van der Waals surface area contributed by atoms with E-state index in [0.29, 0.717) is 13.0 Å². The van der Waals surface area contributed by atoms with Crippen LogP contribution in [0.3, 0.4) is 0 Å². The molecule has 0 rings (SSSR count). The third-order valence-corrected chi connectivity index (χ3v) is 4.12. The SMILES string of the molecule is NC(N)=NCCCC(N)C(=O)NCC(=O)NC(CO)C(=O)NC(CCCN=C(N)N)C(=O)O. The van der Waals surface area contributed by atoms with Crippen LogP contribution in [0.2, 0.25) is 0 Å². The number of aliphatic hydroxyl groups excluding tert-OH is 1. The summed E-state index contributed by atoms with van der Waals surface area (Å²) in [4.78, 5) is 55.0. The van der Waals surface area contributed by atoms with E-state index < -0.39 is 55.0 Å². The Morgan fingerprint density at radius 1 is 0.818 bits per heavy atom. The van der Waals surface area contributed by atoms with Crippen LogP contribution in [-0.2, 0) is 19.2 Å². The van der Waals surface area contributed by atoms with E-state index >= 15 is 0 Å². The Morgan fingerprint density at radius 2 is 1.36 bits per heavy atom. The molecule has 16 heteroatoms. The molecule has 0 aromatic rings. The van der Waals surface area contributed by atoms with E-state index in [1.54, 1.807) is 0 Å². The fourth-order valence-corrected chi connectivity index (χ4v) is 2.42. The number of nitrogens with zero attached hydrogens (tertiary/aromatic N) is 2. The summed E-state index contributed by atoms with van der Waals surface area (Å²) < 4.78 is 0. The van der Waals surface area contributed by atoms with Crippen LogP contribution in [0.4, 0.5) is 0 Å². The molecule has 0 heterocycles. The van der Waals surface area contributed by atoms with Gasteiger partial charge in [0, 0.05) is 13.1 Å². The van der Waals surface area contributed by atoms with Gasteiger partial charge in [0.1, 0.15) is 12.1 Å². The van der Waals surface area contributed by atoms with Gasteiger partial charge in [0.05, 0.1) is 19.2 Å². The highest BCUT2D eigenvalue weighted by molar-refractivity contribution is 5.92. The van der Waals surface area contributed by atoms with Gasteiger partial charge in [-0.1, -0.05) is 0 Å². The minimum absolute atomic E-state index is 0.0150. The number of nitrogens with one attached hydrogen (secondary N) is 3. The first kappa shape index (κ1) is 29.3. The van der Waals surface area contributed by atoms with Crippen LogP contribution < -0.4 is 44.6 Å². The Morgan fingerprint density at radius 3 is 1.85 bits per heavy atom. The van der Waals surface area contributed by atoms with E-state index in [0.717, 1.165) is 0 Å². The molecule has 0 saturated heterocycles. The number of carboxylic acids is 1. The fourth-order valence-electron chi connectivity index (χ4n) is 2.42. The summed E-state index contributed by atoms with van der Waals surface area (Å²) in [6.45, 7) is -0.845. The summed E-state index contributed by atoms with van der Waals surface area (Å²) in [7, 11) is 0. The molecule has 0 aliphatic carbocycles. The number of hydrogen-bond donors (Lipinski definition) is 10. The minimum Gasteiger partial charge on any atom is -0.480 e. The molecule has 0 radical (unpaired) electrons. The van der Waals surface area contributed by atoms with Gasteiger partial charge >= 0.3 is 5.97 Å². The molecule has 0 spiro atoms. The molecule has 0 aromatic heterocycles. The number of carboxylic acid groups (broad SMARTS) is 1. The summed E-state index contributed by atoms with van der Waals surface area (Å²) in [5.41, 5.74) is 26.4. The second-order valence-corrected chi connectivity index (χ2v) is 6.92. The molecule has 16 nitrogen and oxygen atoms in total. The monoisotopic (exact) mass is 474 g/mol. The van der Waals surface area contributed by atoms with Crippen LogP contribution in [-0.4, -0.2) is 90.2 Å². The molecule has 0 aliphatic rings. The highest BCUT2D eigenvalue weighted by Crippen LogP contribution is 2.00. The standard InChI is InChI=1S/C17H34N10O6/c18-9(3-1-5-23-16(19)20)13(30)25-7-12(29)26-11(8-28)14(31)27-10(15(32)33)4-2-6-24-17(21)22/h9-11,28H,1-8,18H2,(H,25,30)(H,26,29)(H,27,31)(H,32,33)(H4,19,20,23)(H4,21,22,24). The molecule has 0 aromatic carbocycles. The molecular weight excluding hydrogens is 440 g/mol. The van der Waals surface area contributed by atoms with E-state index in [-0.39, 0.29) is 37.7 Å². The Balaban J connectivity index is 4.55. The first-order valence-corrected chi connectivity index (χ1v) is 10.0. The summed E-state index contributed by atoms with van der Waals surface area (Å²) in [5.74, 6) is -3.84. The number of carbonyl (C=O) groups excluding carboxylic acids is 3. The number of carbonyl (C=O) groups is 4. The lowest BCUT2D eigenvalue weighted by Gasteiger charge is -2.20. The lowest BCUT2D eigenvalue weighted by atomic mass is 10.1. The predicted molar refractivity (Wildman–Crippen MR) is 119 cm³/mol. The van der Waals surface area contributed by atoms with Crippen LogP contribution in [0.1, 0.15) is 25.7 Å².